The molecule has 2 aromatic rings. The van der Waals surface area contributed by atoms with E-state index in [1.165, 1.54) is 5.56 Å². The highest BCUT2D eigenvalue weighted by atomic mass is 16.5. The molecule has 1 heterocycles. The van der Waals surface area contributed by atoms with E-state index < -0.39 is 0 Å². The molecule has 1 atom stereocenters. The molecule has 0 radical (unpaired) electrons. The molecule has 1 unspecified atom stereocenters. The number of ether oxygens (including phenoxy) is 1. The number of carbonyl (C=O) groups is 1. The van der Waals surface area contributed by atoms with Gasteiger partial charge in [-0.3, -0.25) is 4.79 Å². The molecule has 1 aliphatic rings. The first-order valence-electron chi connectivity index (χ1n) is 7.77. The fourth-order valence-corrected chi connectivity index (χ4v) is 2.97. The Morgan fingerprint density at radius 1 is 1.14 bits per heavy atom. The van der Waals surface area contributed by atoms with Crippen LogP contribution in [0.15, 0.2) is 54.6 Å². The Labute approximate surface area is 131 Å². The zero-order chi connectivity index (χ0) is 15.4. The van der Waals surface area contributed by atoms with Crippen molar-refractivity contribution in [2.24, 2.45) is 0 Å². The quantitative estimate of drug-likeness (QED) is 0.863. The second-order valence-corrected chi connectivity index (χ2v) is 5.76. The van der Waals surface area contributed by atoms with E-state index >= 15 is 0 Å². The minimum absolute atomic E-state index is 0.0376. The summed E-state index contributed by atoms with van der Waals surface area (Å²) in [7, 11) is 0. The van der Waals surface area contributed by atoms with Crippen molar-refractivity contribution in [1.82, 2.24) is 0 Å². The van der Waals surface area contributed by atoms with E-state index in [9.17, 15) is 4.79 Å². The topological polar surface area (TPSA) is 29.5 Å². The Morgan fingerprint density at radius 2 is 1.86 bits per heavy atom. The Bertz CT molecular complexity index is 639. The van der Waals surface area contributed by atoms with Gasteiger partial charge in [0.15, 0.2) is 0 Å². The molecule has 3 nitrogen and oxygen atoms in total. The summed E-state index contributed by atoms with van der Waals surface area (Å²) in [5, 5.41) is 0. The van der Waals surface area contributed by atoms with Gasteiger partial charge in [-0.1, -0.05) is 48.5 Å². The van der Waals surface area contributed by atoms with E-state index in [2.05, 4.69) is 13.0 Å². The summed E-state index contributed by atoms with van der Waals surface area (Å²) < 4.78 is 5.61. The fraction of sp³-hybridized carbons (Fsp3) is 0.316. The van der Waals surface area contributed by atoms with Crippen LogP contribution in [-0.4, -0.2) is 18.6 Å². The number of anilines is 1. The minimum Gasteiger partial charge on any atom is -0.367 e. The van der Waals surface area contributed by atoms with Gasteiger partial charge in [0.1, 0.15) is 6.61 Å². The molecular weight excluding hydrogens is 274 g/mol. The third-order valence-electron chi connectivity index (χ3n) is 4.13. The third-order valence-corrected chi connectivity index (χ3v) is 4.13. The largest absolute Gasteiger partial charge is 0.367 e. The molecule has 114 valence electrons. The summed E-state index contributed by atoms with van der Waals surface area (Å²) in [6, 6.07) is 18.3. The Hall–Kier alpha value is -2.13. The zero-order valence-electron chi connectivity index (χ0n) is 12.9. The molecule has 0 saturated carbocycles. The van der Waals surface area contributed by atoms with Gasteiger partial charge in [-0.2, -0.15) is 0 Å². The average Bonchev–Trinajstić information content (AvgIpc) is 2.55. The molecule has 2 aromatic carbocycles. The second-order valence-electron chi connectivity index (χ2n) is 5.76. The number of fused-ring (bicyclic) bond motifs is 1. The highest BCUT2D eigenvalue weighted by Gasteiger charge is 2.27. The van der Waals surface area contributed by atoms with Crippen LogP contribution >= 0.6 is 0 Å². The average molecular weight is 295 g/mol. The first-order chi connectivity index (χ1) is 10.8. The van der Waals surface area contributed by atoms with Crippen LogP contribution in [0, 0.1) is 0 Å². The van der Waals surface area contributed by atoms with Crippen molar-refractivity contribution in [2.45, 2.75) is 32.4 Å². The van der Waals surface area contributed by atoms with Gasteiger partial charge in [0.25, 0.3) is 5.91 Å². The van der Waals surface area contributed by atoms with Gasteiger partial charge in [0.2, 0.25) is 0 Å². The monoisotopic (exact) mass is 295 g/mol. The van der Waals surface area contributed by atoms with Crippen LogP contribution in [0.3, 0.4) is 0 Å². The summed E-state index contributed by atoms with van der Waals surface area (Å²) in [5.41, 5.74) is 3.37. The van der Waals surface area contributed by atoms with Crippen LogP contribution in [-0.2, 0) is 22.6 Å². The van der Waals surface area contributed by atoms with Crippen molar-refractivity contribution in [3.05, 3.63) is 65.7 Å². The van der Waals surface area contributed by atoms with Crippen LogP contribution in [0.4, 0.5) is 5.69 Å². The molecular formula is C19H21NO2. The van der Waals surface area contributed by atoms with Crippen LogP contribution in [0.1, 0.15) is 24.5 Å². The van der Waals surface area contributed by atoms with Gasteiger partial charge < -0.3 is 9.64 Å². The first-order valence-corrected chi connectivity index (χ1v) is 7.77. The smallest absolute Gasteiger partial charge is 0.253 e. The predicted octanol–water partition coefficient (Wildman–Crippen LogP) is 3.57. The number of aryl methyl sites for hydroxylation is 1. The molecule has 0 aromatic heterocycles. The molecule has 0 saturated heterocycles. The van der Waals surface area contributed by atoms with E-state index in [1.807, 2.05) is 53.4 Å². The van der Waals surface area contributed by atoms with Crippen LogP contribution in [0.2, 0.25) is 0 Å². The van der Waals surface area contributed by atoms with Gasteiger partial charge in [0, 0.05) is 11.7 Å². The summed E-state index contributed by atoms with van der Waals surface area (Å²) >= 11 is 0. The van der Waals surface area contributed by atoms with Gasteiger partial charge in [0.05, 0.1) is 6.61 Å². The lowest BCUT2D eigenvalue weighted by Gasteiger charge is -2.35. The summed E-state index contributed by atoms with van der Waals surface area (Å²) in [5.74, 6) is 0.0376. The minimum atomic E-state index is 0.0376. The SMILES string of the molecule is CC1CCc2ccccc2N1C(=O)COCc1ccccc1. The third kappa shape index (κ3) is 3.20. The standard InChI is InChI=1S/C19H21NO2/c1-15-11-12-17-9-5-6-10-18(17)20(15)19(21)14-22-13-16-7-3-2-4-8-16/h2-10,15H,11-14H2,1H3. The van der Waals surface area contributed by atoms with Gasteiger partial charge in [-0.25, -0.2) is 0 Å². The molecule has 3 heteroatoms. The van der Waals surface area contributed by atoms with E-state index in [1.54, 1.807) is 0 Å². The highest BCUT2D eigenvalue weighted by molar-refractivity contribution is 5.96. The number of hydrogen-bond donors (Lipinski definition) is 0. The summed E-state index contributed by atoms with van der Waals surface area (Å²) in [6.07, 6.45) is 2.04. The summed E-state index contributed by atoms with van der Waals surface area (Å²) in [6.45, 7) is 2.69. The molecule has 1 aliphatic heterocycles. The van der Waals surface area contributed by atoms with Crippen LogP contribution in [0.25, 0.3) is 0 Å². The molecule has 1 amide bonds. The first kappa shape index (κ1) is 14.8. The van der Waals surface area contributed by atoms with E-state index in [0.717, 1.165) is 24.1 Å². The maximum Gasteiger partial charge on any atom is 0.253 e. The number of carbonyl (C=O) groups excluding carboxylic acids is 1. The van der Waals surface area contributed by atoms with Gasteiger partial charge in [-0.05, 0) is 37.0 Å². The van der Waals surface area contributed by atoms with Crippen molar-refractivity contribution in [3.8, 4) is 0 Å². The predicted molar refractivity (Wildman–Crippen MR) is 87.8 cm³/mol. The van der Waals surface area contributed by atoms with Crippen molar-refractivity contribution >= 4 is 11.6 Å². The second kappa shape index (κ2) is 6.75. The van der Waals surface area contributed by atoms with Gasteiger partial charge in [-0.15, -0.1) is 0 Å². The molecule has 0 aliphatic carbocycles. The Morgan fingerprint density at radius 3 is 2.68 bits per heavy atom. The molecule has 22 heavy (non-hydrogen) atoms. The molecule has 0 fully saturated rings. The van der Waals surface area contributed by atoms with Crippen molar-refractivity contribution in [1.29, 1.82) is 0 Å². The van der Waals surface area contributed by atoms with E-state index in [4.69, 9.17) is 4.74 Å². The Kier molecular flexibility index (Phi) is 4.54. The molecule has 0 N–H and O–H groups in total. The fourth-order valence-electron chi connectivity index (χ4n) is 2.97. The lowest BCUT2D eigenvalue weighted by Crippen LogP contribution is -2.43. The van der Waals surface area contributed by atoms with E-state index in [0.29, 0.717) is 6.61 Å². The normalized spacial score (nSPS) is 17.1. The maximum absolute atomic E-state index is 12.6. The van der Waals surface area contributed by atoms with Crippen LogP contribution in [0.5, 0.6) is 0 Å². The number of hydrogen-bond acceptors (Lipinski definition) is 2. The van der Waals surface area contributed by atoms with Crippen LogP contribution < -0.4 is 4.90 Å². The number of benzene rings is 2. The molecule has 3 rings (SSSR count). The molecule has 0 bridgehead atoms. The summed E-state index contributed by atoms with van der Waals surface area (Å²) in [4.78, 5) is 14.5. The Balaban J connectivity index is 1.64. The van der Waals surface area contributed by atoms with Gasteiger partial charge >= 0.3 is 0 Å². The number of rotatable bonds is 4. The number of amides is 1. The maximum atomic E-state index is 12.6. The number of para-hydroxylation sites is 1. The number of nitrogens with zero attached hydrogens (tertiary/aromatic N) is 1. The highest BCUT2D eigenvalue weighted by Crippen LogP contribution is 2.30. The van der Waals surface area contributed by atoms with Crippen molar-refractivity contribution in [3.63, 3.8) is 0 Å². The lowest BCUT2D eigenvalue weighted by molar-refractivity contribution is -0.124. The van der Waals surface area contributed by atoms with E-state index in [-0.39, 0.29) is 18.6 Å². The molecule has 0 spiro atoms. The lowest BCUT2D eigenvalue weighted by atomic mass is 9.96. The van der Waals surface area contributed by atoms with Crippen molar-refractivity contribution < 1.29 is 9.53 Å². The zero-order valence-corrected chi connectivity index (χ0v) is 12.9. The van der Waals surface area contributed by atoms with Crippen molar-refractivity contribution in [2.75, 3.05) is 11.5 Å².